The highest BCUT2D eigenvalue weighted by Crippen LogP contribution is 2.27. The molecule has 0 spiro atoms. The van der Waals surface area contributed by atoms with Gasteiger partial charge in [-0.05, 0) is 32.0 Å². The normalized spacial score (nSPS) is 11.3. The number of sulfonamides is 1. The molecule has 1 heterocycles. The third-order valence-corrected chi connectivity index (χ3v) is 4.84. The quantitative estimate of drug-likeness (QED) is 0.725. The maximum Gasteiger partial charge on any atom is 0.272 e. The molecule has 1 amide bonds. The first-order valence-corrected chi connectivity index (χ1v) is 8.76. The molecule has 2 N–H and O–H groups in total. The summed E-state index contributed by atoms with van der Waals surface area (Å²) < 4.78 is 34.2. The highest BCUT2D eigenvalue weighted by molar-refractivity contribution is 7.89. The van der Waals surface area contributed by atoms with Crippen molar-refractivity contribution in [1.29, 1.82) is 0 Å². The third-order valence-electron chi connectivity index (χ3n) is 2.81. The van der Waals surface area contributed by atoms with E-state index in [4.69, 9.17) is 32.5 Å². The molecule has 8 nitrogen and oxygen atoms in total. The number of hydrogen-bond donors (Lipinski definition) is 2. The Balaban J connectivity index is 1.93. The van der Waals surface area contributed by atoms with Crippen LogP contribution in [0, 0.1) is 13.8 Å². The Kier molecular flexibility index (Phi) is 5.70. The van der Waals surface area contributed by atoms with Crippen LogP contribution in [0.5, 0.6) is 5.75 Å². The van der Waals surface area contributed by atoms with Gasteiger partial charge in [-0.25, -0.2) is 8.42 Å². The molecule has 130 valence electrons. The zero-order valence-electron chi connectivity index (χ0n) is 12.6. The number of amides is 1. The first kappa shape index (κ1) is 18.5. The molecule has 0 aliphatic carbocycles. The first-order valence-electron chi connectivity index (χ1n) is 6.52. The number of rotatable bonds is 6. The topological polar surface area (TPSA) is 111 Å². The summed E-state index contributed by atoms with van der Waals surface area (Å²) in [7, 11) is -4.01. The second kappa shape index (κ2) is 7.39. The minimum Gasteiger partial charge on any atom is -0.482 e. The Labute approximate surface area is 148 Å². The highest BCUT2D eigenvalue weighted by Gasteiger charge is 2.24. The van der Waals surface area contributed by atoms with Gasteiger partial charge in [0.05, 0.1) is 5.02 Å². The number of halogens is 2. The molecule has 0 unspecified atom stereocenters. The second-order valence-corrected chi connectivity index (χ2v) is 7.13. The Morgan fingerprint density at radius 3 is 2.62 bits per heavy atom. The molecule has 11 heteroatoms. The zero-order valence-corrected chi connectivity index (χ0v) is 14.9. The van der Waals surface area contributed by atoms with Crippen LogP contribution in [-0.2, 0) is 14.8 Å². The fourth-order valence-corrected chi connectivity index (χ4v) is 3.46. The largest absolute Gasteiger partial charge is 0.482 e. The highest BCUT2D eigenvalue weighted by atomic mass is 35.5. The van der Waals surface area contributed by atoms with E-state index in [9.17, 15) is 13.2 Å². The van der Waals surface area contributed by atoms with E-state index in [0.29, 0.717) is 5.02 Å². The summed E-state index contributed by atoms with van der Waals surface area (Å²) in [5.41, 5.74) is 2.21. The number of ether oxygens (including phenoxy) is 1. The van der Waals surface area contributed by atoms with Crippen molar-refractivity contribution in [3.63, 3.8) is 0 Å². The molecular formula is C13H13Cl2N3O5S. The predicted octanol–water partition coefficient (Wildman–Crippen LogP) is 1.99. The van der Waals surface area contributed by atoms with E-state index >= 15 is 0 Å². The van der Waals surface area contributed by atoms with E-state index in [-0.39, 0.29) is 27.1 Å². The summed E-state index contributed by atoms with van der Waals surface area (Å²) in [5, 5.41) is 4.19. The average Bonchev–Trinajstić information content (AvgIpc) is 2.84. The standard InChI is InChI=1S/C13H13Cl2N3O5S/c1-7-13(8(2)23-17-7)24(20,21)18-16-12(19)6-22-11-4-3-9(14)5-10(11)15/h3-5,18H,6H2,1-2H3,(H,16,19). The van der Waals surface area contributed by atoms with Crippen LogP contribution in [0.2, 0.25) is 10.0 Å². The molecular weight excluding hydrogens is 381 g/mol. The predicted molar refractivity (Wildman–Crippen MR) is 86.4 cm³/mol. The lowest BCUT2D eigenvalue weighted by molar-refractivity contribution is -0.123. The Morgan fingerprint density at radius 1 is 1.33 bits per heavy atom. The van der Waals surface area contributed by atoms with Crippen molar-refractivity contribution in [2.24, 2.45) is 0 Å². The van der Waals surface area contributed by atoms with Crippen LogP contribution in [0.1, 0.15) is 11.5 Å². The van der Waals surface area contributed by atoms with Gasteiger partial charge in [-0.15, -0.1) is 4.83 Å². The molecule has 2 aromatic rings. The zero-order chi connectivity index (χ0) is 17.9. The van der Waals surface area contributed by atoms with Crippen molar-refractivity contribution >= 4 is 39.1 Å². The van der Waals surface area contributed by atoms with Crippen molar-refractivity contribution in [1.82, 2.24) is 15.4 Å². The van der Waals surface area contributed by atoms with Crippen LogP contribution in [0.3, 0.4) is 0 Å². The lowest BCUT2D eigenvalue weighted by Gasteiger charge is -2.10. The minimum atomic E-state index is -4.01. The summed E-state index contributed by atoms with van der Waals surface area (Å²) in [6, 6.07) is 4.49. The van der Waals surface area contributed by atoms with Crippen LogP contribution < -0.4 is 15.0 Å². The number of benzene rings is 1. The Hall–Kier alpha value is -1.81. The van der Waals surface area contributed by atoms with Crippen molar-refractivity contribution in [2.45, 2.75) is 18.7 Å². The lowest BCUT2D eigenvalue weighted by Crippen LogP contribution is -2.44. The maximum absolute atomic E-state index is 12.1. The molecule has 1 aromatic carbocycles. The second-order valence-electron chi connectivity index (χ2n) is 4.67. The van der Waals surface area contributed by atoms with Crippen molar-refractivity contribution in [3.8, 4) is 5.75 Å². The number of carbonyl (C=O) groups is 1. The molecule has 0 fully saturated rings. The molecule has 1 aromatic heterocycles. The summed E-state index contributed by atoms with van der Waals surface area (Å²) in [6.07, 6.45) is 0. The Bertz CT molecular complexity index is 847. The number of nitrogens with zero attached hydrogens (tertiary/aromatic N) is 1. The molecule has 0 atom stereocenters. The fraction of sp³-hybridized carbons (Fsp3) is 0.231. The van der Waals surface area contributed by atoms with Gasteiger partial charge in [0.15, 0.2) is 12.4 Å². The molecule has 0 saturated carbocycles. The lowest BCUT2D eigenvalue weighted by atomic mass is 10.3. The first-order chi connectivity index (χ1) is 11.2. The number of aromatic nitrogens is 1. The number of hydrazine groups is 1. The smallest absolute Gasteiger partial charge is 0.272 e. The molecule has 0 aliphatic heterocycles. The fourth-order valence-electron chi connectivity index (χ4n) is 1.81. The van der Waals surface area contributed by atoms with Gasteiger partial charge in [0.1, 0.15) is 16.3 Å². The minimum absolute atomic E-state index is 0.110. The van der Waals surface area contributed by atoms with Gasteiger partial charge in [0.25, 0.3) is 15.9 Å². The van der Waals surface area contributed by atoms with Crippen LogP contribution in [0.25, 0.3) is 0 Å². The van der Waals surface area contributed by atoms with Gasteiger partial charge in [-0.1, -0.05) is 28.4 Å². The molecule has 24 heavy (non-hydrogen) atoms. The number of nitrogens with one attached hydrogen (secondary N) is 2. The SMILES string of the molecule is Cc1noc(C)c1S(=O)(=O)NNC(=O)COc1ccc(Cl)cc1Cl. The molecule has 0 aliphatic rings. The third kappa shape index (κ3) is 4.38. The van der Waals surface area contributed by atoms with E-state index in [1.807, 2.05) is 10.3 Å². The van der Waals surface area contributed by atoms with Crippen molar-refractivity contribution < 1.29 is 22.5 Å². The van der Waals surface area contributed by atoms with Crippen LogP contribution in [-0.4, -0.2) is 26.1 Å². The van der Waals surface area contributed by atoms with Crippen LogP contribution >= 0.6 is 23.2 Å². The van der Waals surface area contributed by atoms with Gasteiger partial charge >= 0.3 is 0 Å². The van der Waals surface area contributed by atoms with E-state index in [0.717, 1.165) is 0 Å². The number of carbonyl (C=O) groups excluding carboxylic acids is 1. The summed E-state index contributed by atoms with van der Waals surface area (Å²) in [5.74, 6) is -0.375. The van der Waals surface area contributed by atoms with Gasteiger partial charge in [-0.2, -0.15) is 0 Å². The van der Waals surface area contributed by atoms with Gasteiger partial charge in [0.2, 0.25) is 0 Å². The average molecular weight is 394 g/mol. The van der Waals surface area contributed by atoms with E-state index in [1.54, 1.807) is 6.07 Å². The number of aryl methyl sites for hydroxylation is 2. The summed E-state index contributed by atoms with van der Waals surface area (Å²) in [4.78, 5) is 13.5. The van der Waals surface area contributed by atoms with E-state index in [1.165, 1.54) is 26.0 Å². The molecule has 0 saturated heterocycles. The Morgan fingerprint density at radius 2 is 2.04 bits per heavy atom. The molecule has 0 radical (unpaired) electrons. The number of hydrogen-bond acceptors (Lipinski definition) is 6. The maximum atomic E-state index is 12.1. The van der Waals surface area contributed by atoms with Gasteiger partial charge < -0.3 is 9.26 Å². The monoisotopic (exact) mass is 393 g/mol. The van der Waals surface area contributed by atoms with Crippen molar-refractivity contribution in [2.75, 3.05) is 6.61 Å². The van der Waals surface area contributed by atoms with E-state index < -0.39 is 22.5 Å². The van der Waals surface area contributed by atoms with Crippen molar-refractivity contribution in [3.05, 3.63) is 39.7 Å². The summed E-state index contributed by atoms with van der Waals surface area (Å²) in [6.45, 7) is 2.46. The van der Waals surface area contributed by atoms with Gasteiger partial charge in [0, 0.05) is 5.02 Å². The van der Waals surface area contributed by atoms with Gasteiger partial charge in [-0.3, -0.25) is 10.2 Å². The van der Waals surface area contributed by atoms with E-state index in [2.05, 4.69) is 5.16 Å². The molecule has 0 bridgehead atoms. The molecule has 2 rings (SSSR count). The van der Waals surface area contributed by atoms with Crippen LogP contribution in [0.15, 0.2) is 27.6 Å². The summed E-state index contributed by atoms with van der Waals surface area (Å²) >= 11 is 11.6. The van der Waals surface area contributed by atoms with Crippen LogP contribution in [0.4, 0.5) is 0 Å².